The summed E-state index contributed by atoms with van der Waals surface area (Å²) >= 11 is 0. The van der Waals surface area contributed by atoms with E-state index in [0.29, 0.717) is 32.3 Å². The summed E-state index contributed by atoms with van der Waals surface area (Å²) in [5.41, 5.74) is -3.67. The van der Waals surface area contributed by atoms with E-state index < -0.39 is 64.0 Å². The molecule has 3 saturated carbocycles. The Morgan fingerprint density at radius 3 is 2.09 bits per heavy atom. The van der Waals surface area contributed by atoms with Gasteiger partial charge >= 0.3 is 11.9 Å². The quantitative estimate of drug-likeness (QED) is 0.480. The molecular weight excluding hydrogens is 416 g/mol. The van der Waals surface area contributed by atoms with E-state index in [-0.39, 0.29) is 11.8 Å². The van der Waals surface area contributed by atoms with E-state index in [1.54, 1.807) is 0 Å². The van der Waals surface area contributed by atoms with Crippen molar-refractivity contribution in [2.24, 2.45) is 22.7 Å². The van der Waals surface area contributed by atoms with Crippen LogP contribution in [-0.4, -0.2) is 70.0 Å². The van der Waals surface area contributed by atoms with Crippen molar-refractivity contribution >= 4 is 11.9 Å². The molecule has 3 aliphatic carbocycles. The number of aliphatic hydroxyl groups excluding tert-OH is 2. The number of ether oxygens (including phenoxy) is 4. The fraction of sp³-hybridized carbons (Fsp3) is 0.917. The minimum Gasteiger partial charge on any atom is -0.458 e. The lowest BCUT2D eigenvalue weighted by Gasteiger charge is -2.60. The van der Waals surface area contributed by atoms with Crippen LogP contribution in [0.25, 0.3) is 0 Å². The molecule has 2 heterocycles. The molecule has 5 rings (SSSR count). The molecular formula is C24H36O8. The largest absolute Gasteiger partial charge is 0.458 e. The number of hydrogen-bond acceptors (Lipinski definition) is 8. The molecule has 8 heteroatoms. The summed E-state index contributed by atoms with van der Waals surface area (Å²) in [4.78, 5) is 24.7. The van der Waals surface area contributed by atoms with Crippen LogP contribution in [0, 0.1) is 22.7 Å². The Balaban J connectivity index is 1.73. The average molecular weight is 453 g/mol. The van der Waals surface area contributed by atoms with Crippen molar-refractivity contribution in [1.29, 1.82) is 0 Å². The van der Waals surface area contributed by atoms with Crippen LogP contribution in [0.1, 0.15) is 67.2 Å². The van der Waals surface area contributed by atoms with Crippen LogP contribution < -0.4 is 0 Å². The fourth-order valence-corrected chi connectivity index (χ4v) is 8.07. The first kappa shape index (κ1) is 22.6. The van der Waals surface area contributed by atoms with Gasteiger partial charge in [-0.1, -0.05) is 20.8 Å². The van der Waals surface area contributed by atoms with Gasteiger partial charge in [-0.3, -0.25) is 9.59 Å². The molecule has 0 aromatic carbocycles. The van der Waals surface area contributed by atoms with Crippen LogP contribution in [0.15, 0.2) is 0 Å². The normalized spacial score (nSPS) is 55.0. The third-order valence-electron chi connectivity index (χ3n) is 10.0. The van der Waals surface area contributed by atoms with Crippen molar-refractivity contribution in [2.45, 2.75) is 108 Å². The van der Waals surface area contributed by atoms with Crippen molar-refractivity contribution in [3.63, 3.8) is 0 Å². The van der Waals surface area contributed by atoms with Gasteiger partial charge in [0.05, 0.1) is 18.8 Å². The van der Waals surface area contributed by atoms with E-state index in [1.165, 1.54) is 13.8 Å². The van der Waals surface area contributed by atoms with Crippen molar-refractivity contribution in [3.8, 4) is 0 Å². The van der Waals surface area contributed by atoms with E-state index in [1.807, 2.05) is 6.92 Å². The number of carbonyl (C=O) groups is 2. The molecule has 5 fully saturated rings. The Bertz CT molecular complexity index is 851. The molecule has 0 radical (unpaired) electrons. The zero-order valence-electron chi connectivity index (χ0n) is 19.8. The SMILES string of the molecule is CC(=O)O[C@H]1[C@H](OC(C)=O)[C@@]23O[C@@]2(C)[C@@H](O)C[C@@H](C[C@H]2[C@@]1(C)CC[C@H](O)[C@@]21CO1)C3(C)C. The van der Waals surface area contributed by atoms with E-state index >= 15 is 0 Å². The van der Waals surface area contributed by atoms with Crippen molar-refractivity contribution < 1.29 is 38.7 Å². The monoisotopic (exact) mass is 452 g/mol. The molecule has 180 valence electrons. The predicted molar refractivity (Wildman–Crippen MR) is 111 cm³/mol. The maximum atomic E-state index is 12.4. The summed E-state index contributed by atoms with van der Waals surface area (Å²) in [5.74, 6) is -1.03. The summed E-state index contributed by atoms with van der Waals surface area (Å²) < 4.78 is 24.4. The second-order valence-corrected chi connectivity index (χ2v) is 11.8. The minimum absolute atomic E-state index is 0.0418. The number of esters is 2. The van der Waals surface area contributed by atoms with Gasteiger partial charge in [0.1, 0.15) is 22.9 Å². The Labute approximate surface area is 188 Å². The van der Waals surface area contributed by atoms with E-state index in [9.17, 15) is 19.8 Å². The lowest BCUT2D eigenvalue weighted by molar-refractivity contribution is -0.227. The van der Waals surface area contributed by atoms with Crippen LogP contribution in [0.2, 0.25) is 0 Å². The smallest absolute Gasteiger partial charge is 0.303 e. The molecule has 2 saturated heterocycles. The molecule has 32 heavy (non-hydrogen) atoms. The molecule has 0 unspecified atom stereocenters. The van der Waals surface area contributed by atoms with Crippen LogP contribution in [0.5, 0.6) is 0 Å². The Hall–Kier alpha value is -1.22. The second-order valence-electron chi connectivity index (χ2n) is 11.8. The maximum absolute atomic E-state index is 12.4. The number of aliphatic hydroxyl groups is 2. The first-order valence-electron chi connectivity index (χ1n) is 11.8. The maximum Gasteiger partial charge on any atom is 0.303 e. The van der Waals surface area contributed by atoms with Crippen molar-refractivity contribution in [2.75, 3.05) is 6.61 Å². The lowest BCUT2D eigenvalue weighted by atomic mass is 9.46. The third kappa shape index (κ3) is 2.53. The van der Waals surface area contributed by atoms with Gasteiger partial charge in [-0.2, -0.15) is 0 Å². The molecule has 0 aromatic heterocycles. The zero-order valence-corrected chi connectivity index (χ0v) is 19.8. The molecule has 10 atom stereocenters. The summed E-state index contributed by atoms with van der Waals surface area (Å²) in [6.45, 7) is 11.3. The van der Waals surface area contributed by atoms with Gasteiger partial charge in [-0.15, -0.1) is 0 Å². The summed E-state index contributed by atoms with van der Waals surface area (Å²) in [5, 5.41) is 22.1. The topological polar surface area (TPSA) is 118 Å². The number of epoxide rings is 2. The number of fused-ring (bicyclic) bond motifs is 3. The van der Waals surface area contributed by atoms with Crippen LogP contribution in [-0.2, 0) is 28.5 Å². The molecule has 5 aliphatic rings. The number of carbonyl (C=O) groups excluding carboxylic acids is 2. The van der Waals surface area contributed by atoms with Crippen molar-refractivity contribution in [3.05, 3.63) is 0 Å². The van der Waals surface area contributed by atoms with Gasteiger partial charge in [0, 0.05) is 30.6 Å². The highest BCUT2D eigenvalue weighted by Crippen LogP contribution is 2.74. The highest BCUT2D eigenvalue weighted by atomic mass is 16.7. The van der Waals surface area contributed by atoms with Crippen LogP contribution in [0.4, 0.5) is 0 Å². The first-order chi connectivity index (χ1) is 14.8. The van der Waals surface area contributed by atoms with Crippen LogP contribution in [0.3, 0.4) is 0 Å². The summed E-state index contributed by atoms with van der Waals surface area (Å²) in [6.07, 6.45) is -0.668. The van der Waals surface area contributed by atoms with Gasteiger partial charge in [0.2, 0.25) is 0 Å². The van der Waals surface area contributed by atoms with Gasteiger partial charge in [0.15, 0.2) is 6.10 Å². The van der Waals surface area contributed by atoms with Crippen molar-refractivity contribution in [1.82, 2.24) is 0 Å². The highest BCUT2D eigenvalue weighted by Gasteiger charge is 2.87. The molecule has 8 nitrogen and oxygen atoms in total. The average Bonchev–Trinajstić information content (AvgIpc) is 3.58. The first-order valence-corrected chi connectivity index (χ1v) is 11.8. The fourth-order valence-electron chi connectivity index (χ4n) is 8.07. The standard InChI is InChI=1S/C24H36O8/c1-12(25)30-18-19(31-13(2)26)24-20(3,4)14(10-17(28)22(24,6)32-24)9-15-21(18,5)8-7-16(27)23(15)11-29-23/h14-19,27-28H,7-11H2,1-6H3/t14-,15+,16+,17+,18+,19+,21-,22+,23-,24+/m1/s1. The van der Waals surface area contributed by atoms with E-state index in [0.717, 1.165) is 0 Å². The minimum atomic E-state index is -0.990. The zero-order chi connectivity index (χ0) is 23.5. The molecule has 2 spiro atoms. The molecule has 2 aliphatic heterocycles. The molecule has 0 aromatic rings. The van der Waals surface area contributed by atoms with Gasteiger partial charge < -0.3 is 29.2 Å². The Morgan fingerprint density at radius 2 is 1.53 bits per heavy atom. The summed E-state index contributed by atoms with van der Waals surface area (Å²) in [7, 11) is 0. The van der Waals surface area contributed by atoms with Gasteiger partial charge in [0.25, 0.3) is 0 Å². The third-order valence-corrected chi connectivity index (χ3v) is 10.0. The molecule has 0 amide bonds. The Morgan fingerprint density at radius 1 is 0.938 bits per heavy atom. The lowest BCUT2D eigenvalue weighted by Crippen LogP contribution is -2.70. The van der Waals surface area contributed by atoms with Crippen LogP contribution >= 0.6 is 0 Å². The van der Waals surface area contributed by atoms with E-state index in [2.05, 4.69) is 20.8 Å². The second kappa shape index (κ2) is 6.46. The van der Waals surface area contributed by atoms with Gasteiger partial charge in [-0.05, 0) is 38.5 Å². The number of rotatable bonds is 2. The highest BCUT2D eigenvalue weighted by molar-refractivity contribution is 5.68. The molecule has 2 bridgehead atoms. The predicted octanol–water partition coefficient (Wildman–Crippen LogP) is 1.73. The Kier molecular flexibility index (Phi) is 4.56. The van der Waals surface area contributed by atoms with Gasteiger partial charge in [-0.25, -0.2) is 0 Å². The van der Waals surface area contributed by atoms with E-state index in [4.69, 9.17) is 18.9 Å². The number of hydrogen-bond donors (Lipinski definition) is 2. The molecule has 2 N–H and O–H groups in total. The summed E-state index contributed by atoms with van der Waals surface area (Å²) in [6, 6.07) is 0.